The molecule has 0 aliphatic heterocycles. The third kappa shape index (κ3) is 3.43. The van der Waals surface area contributed by atoms with E-state index in [1.807, 2.05) is 57.2 Å². The second-order valence-corrected chi connectivity index (χ2v) is 5.00. The van der Waals surface area contributed by atoms with Gasteiger partial charge in [-0.05, 0) is 49.2 Å². The molecule has 0 atom stereocenters. The number of aryl methyl sites for hydroxylation is 2. The predicted octanol–water partition coefficient (Wildman–Crippen LogP) is 4.70. The number of carbonyl (C=O) groups is 1. The Morgan fingerprint density at radius 3 is 2.24 bits per heavy atom. The Morgan fingerprint density at radius 2 is 1.67 bits per heavy atom. The van der Waals surface area contributed by atoms with Crippen molar-refractivity contribution in [2.75, 3.05) is 7.11 Å². The maximum absolute atomic E-state index is 11.8. The van der Waals surface area contributed by atoms with E-state index in [9.17, 15) is 4.79 Å². The molecule has 0 spiro atoms. The fraction of sp³-hybridized carbons (Fsp3) is 0.278. The molecule has 0 unspecified atom stereocenters. The van der Waals surface area contributed by atoms with Crippen molar-refractivity contribution in [3.63, 3.8) is 0 Å². The van der Waals surface area contributed by atoms with Crippen LogP contribution in [0.25, 0.3) is 0 Å². The van der Waals surface area contributed by atoms with E-state index in [0.29, 0.717) is 6.42 Å². The number of hydrogen-bond donors (Lipinski definition) is 0. The molecule has 0 saturated carbocycles. The van der Waals surface area contributed by atoms with Gasteiger partial charge in [-0.25, -0.2) is 0 Å². The van der Waals surface area contributed by atoms with Gasteiger partial charge in [0.05, 0.1) is 7.11 Å². The maximum Gasteiger partial charge on any atom is 0.162 e. The zero-order valence-electron chi connectivity index (χ0n) is 12.9. The van der Waals surface area contributed by atoms with Crippen molar-refractivity contribution in [3.8, 4) is 17.2 Å². The van der Waals surface area contributed by atoms with Gasteiger partial charge in [-0.15, -0.1) is 0 Å². The summed E-state index contributed by atoms with van der Waals surface area (Å²) in [6.45, 7) is 5.78. The van der Waals surface area contributed by atoms with Gasteiger partial charge in [0.15, 0.2) is 5.78 Å². The summed E-state index contributed by atoms with van der Waals surface area (Å²) in [7, 11) is 1.63. The van der Waals surface area contributed by atoms with Gasteiger partial charge in [0.1, 0.15) is 17.2 Å². The van der Waals surface area contributed by atoms with Crippen LogP contribution in [-0.4, -0.2) is 12.9 Å². The normalized spacial score (nSPS) is 10.3. The molecule has 2 aromatic carbocycles. The van der Waals surface area contributed by atoms with Gasteiger partial charge in [-0.3, -0.25) is 4.79 Å². The topological polar surface area (TPSA) is 35.5 Å². The van der Waals surface area contributed by atoms with Crippen molar-refractivity contribution in [2.45, 2.75) is 27.2 Å². The van der Waals surface area contributed by atoms with E-state index in [1.165, 1.54) is 0 Å². The van der Waals surface area contributed by atoms with Gasteiger partial charge < -0.3 is 9.47 Å². The van der Waals surface area contributed by atoms with Crippen LogP contribution in [-0.2, 0) is 0 Å². The first-order valence-electron chi connectivity index (χ1n) is 7.01. The van der Waals surface area contributed by atoms with Crippen LogP contribution in [0.1, 0.15) is 34.8 Å². The average molecular weight is 284 g/mol. The van der Waals surface area contributed by atoms with Gasteiger partial charge in [-0.2, -0.15) is 0 Å². The van der Waals surface area contributed by atoms with Crippen molar-refractivity contribution < 1.29 is 14.3 Å². The molecular formula is C18H20O3. The summed E-state index contributed by atoms with van der Waals surface area (Å²) in [5, 5.41) is 0. The van der Waals surface area contributed by atoms with Crippen molar-refractivity contribution in [1.82, 2.24) is 0 Å². The highest BCUT2D eigenvalue weighted by atomic mass is 16.5. The first-order valence-corrected chi connectivity index (χ1v) is 7.01. The van der Waals surface area contributed by atoms with E-state index in [2.05, 4.69) is 0 Å². The Morgan fingerprint density at radius 1 is 1.05 bits per heavy atom. The Balaban J connectivity index is 2.34. The number of ketones is 1. The third-order valence-corrected chi connectivity index (χ3v) is 3.36. The molecule has 0 N–H and O–H groups in total. The molecule has 2 aromatic rings. The number of benzene rings is 2. The summed E-state index contributed by atoms with van der Waals surface area (Å²) in [6, 6.07) is 11.2. The molecule has 0 amide bonds. The Hall–Kier alpha value is -2.29. The van der Waals surface area contributed by atoms with Crippen molar-refractivity contribution in [1.29, 1.82) is 0 Å². The molecule has 0 radical (unpaired) electrons. The number of Topliss-reactive ketones (excluding diaryl/α,β-unsaturated/α-hetero) is 1. The Kier molecular flexibility index (Phi) is 4.63. The molecule has 110 valence electrons. The fourth-order valence-corrected chi connectivity index (χ4v) is 2.26. The number of carbonyl (C=O) groups excluding carboxylic acids is 1. The number of ether oxygens (including phenoxy) is 2. The predicted molar refractivity (Wildman–Crippen MR) is 83.6 cm³/mol. The molecule has 0 saturated heterocycles. The highest BCUT2D eigenvalue weighted by Gasteiger charge is 2.11. The van der Waals surface area contributed by atoms with Gasteiger partial charge in [0.25, 0.3) is 0 Å². The van der Waals surface area contributed by atoms with Gasteiger partial charge in [0, 0.05) is 18.1 Å². The lowest BCUT2D eigenvalue weighted by Crippen LogP contribution is -2.00. The summed E-state index contributed by atoms with van der Waals surface area (Å²) in [5.41, 5.74) is 2.65. The largest absolute Gasteiger partial charge is 0.497 e. The minimum absolute atomic E-state index is 0.147. The highest BCUT2D eigenvalue weighted by molar-refractivity contribution is 5.96. The Labute approximate surface area is 125 Å². The lowest BCUT2D eigenvalue weighted by molar-refractivity contribution is 0.0988. The molecular weight excluding hydrogens is 264 g/mol. The molecule has 0 aromatic heterocycles. The standard InChI is InChI=1S/C18H20O3/c1-5-17(19)14-9-12(2)18(13(3)10-14)21-16-8-6-7-15(11-16)20-4/h6-11H,5H2,1-4H3. The van der Waals surface area contributed by atoms with Crippen LogP contribution in [0, 0.1) is 13.8 Å². The fourth-order valence-electron chi connectivity index (χ4n) is 2.26. The summed E-state index contributed by atoms with van der Waals surface area (Å²) >= 11 is 0. The van der Waals surface area contributed by atoms with Crippen LogP contribution < -0.4 is 9.47 Å². The van der Waals surface area contributed by atoms with Crippen molar-refractivity contribution in [3.05, 3.63) is 53.1 Å². The van der Waals surface area contributed by atoms with Gasteiger partial charge in [-0.1, -0.05) is 13.0 Å². The van der Waals surface area contributed by atoms with Crippen LogP contribution >= 0.6 is 0 Å². The molecule has 0 bridgehead atoms. The number of hydrogen-bond acceptors (Lipinski definition) is 3. The van der Waals surface area contributed by atoms with Gasteiger partial charge in [0.2, 0.25) is 0 Å². The summed E-state index contributed by atoms with van der Waals surface area (Å²) in [6.07, 6.45) is 0.509. The molecule has 2 rings (SSSR count). The minimum atomic E-state index is 0.147. The van der Waals surface area contributed by atoms with E-state index >= 15 is 0 Å². The minimum Gasteiger partial charge on any atom is -0.497 e. The van der Waals surface area contributed by atoms with Crippen molar-refractivity contribution >= 4 is 5.78 Å². The zero-order valence-corrected chi connectivity index (χ0v) is 12.9. The van der Waals surface area contributed by atoms with Crippen LogP contribution in [0.2, 0.25) is 0 Å². The summed E-state index contributed by atoms with van der Waals surface area (Å²) in [5.74, 6) is 2.40. The van der Waals surface area contributed by atoms with E-state index in [-0.39, 0.29) is 5.78 Å². The number of methoxy groups -OCH3 is 1. The van der Waals surface area contributed by atoms with Crippen LogP contribution in [0.3, 0.4) is 0 Å². The molecule has 21 heavy (non-hydrogen) atoms. The second-order valence-electron chi connectivity index (χ2n) is 5.00. The summed E-state index contributed by atoms with van der Waals surface area (Å²) < 4.78 is 11.2. The molecule has 0 fully saturated rings. The second kappa shape index (κ2) is 6.44. The SMILES string of the molecule is CCC(=O)c1cc(C)c(Oc2cccc(OC)c2)c(C)c1. The quantitative estimate of drug-likeness (QED) is 0.747. The van der Waals surface area contributed by atoms with E-state index in [1.54, 1.807) is 7.11 Å². The van der Waals surface area contributed by atoms with E-state index in [4.69, 9.17) is 9.47 Å². The van der Waals surface area contributed by atoms with Crippen molar-refractivity contribution in [2.24, 2.45) is 0 Å². The first-order chi connectivity index (χ1) is 10.0. The summed E-state index contributed by atoms with van der Waals surface area (Å²) in [4.78, 5) is 11.8. The van der Waals surface area contributed by atoms with Crippen LogP contribution in [0.5, 0.6) is 17.2 Å². The average Bonchev–Trinajstić information content (AvgIpc) is 2.50. The zero-order chi connectivity index (χ0) is 15.4. The van der Waals surface area contributed by atoms with Crippen LogP contribution in [0.4, 0.5) is 0 Å². The molecule has 0 aliphatic rings. The van der Waals surface area contributed by atoms with Crippen LogP contribution in [0.15, 0.2) is 36.4 Å². The lowest BCUT2D eigenvalue weighted by atomic mass is 10.0. The third-order valence-electron chi connectivity index (χ3n) is 3.36. The number of rotatable bonds is 5. The van der Waals surface area contributed by atoms with Gasteiger partial charge >= 0.3 is 0 Å². The molecule has 3 nitrogen and oxygen atoms in total. The van der Waals surface area contributed by atoms with E-state index in [0.717, 1.165) is 33.9 Å². The van der Waals surface area contributed by atoms with E-state index < -0.39 is 0 Å². The molecule has 3 heteroatoms. The molecule has 0 aliphatic carbocycles. The first kappa shape index (κ1) is 15.1. The smallest absolute Gasteiger partial charge is 0.162 e. The molecule has 0 heterocycles. The Bertz CT molecular complexity index is 636. The lowest BCUT2D eigenvalue weighted by Gasteiger charge is -2.14. The maximum atomic E-state index is 11.8. The highest BCUT2D eigenvalue weighted by Crippen LogP contribution is 2.31. The monoisotopic (exact) mass is 284 g/mol.